The fourth-order valence-corrected chi connectivity index (χ4v) is 4.46. The van der Waals surface area contributed by atoms with Crippen LogP contribution in [0.4, 0.5) is 5.69 Å². The monoisotopic (exact) mass is 395 g/mol. The summed E-state index contributed by atoms with van der Waals surface area (Å²) >= 11 is 0. The Hall–Kier alpha value is -3.06. The van der Waals surface area contributed by atoms with E-state index >= 15 is 0 Å². The average Bonchev–Trinajstić information content (AvgIpc) is 3.41. The Bertz CT molecular complexity index is 1080. The Labute approximate surface area is 164 Å². The third-order valence-corrected chi connectivity index (χ3v) is 6.19. The quantitative estimate of drug-likeness (QED) is 0.691. The number of nitrogens with zero attached hydrogens (tertiary/aromatic N) is 1. The van der Waals surface area contributed by atoms with Crippen molar-refractivity contribution in [1.82, 2.24) is 9.88 Å². The lowest BCUT2D eigenvalue weighted by molar-refractivity contribution is 0.0787. The molecule has 0 radical (unpaired) electrons. The van der Waals surface area contributed by atoms with Gasteiger partial charge >= 0.3 is 0 Å². The molecule has 0 saturated carbocycles. The highest BCUT2D eigenvalue weighted by Crippen LogP contribution is 2.29. The van der Waals surface area contributed by atoms with Crippen LogP contribution in [0, 0.1) is 0 Å². The standard InChI is InChI=1S/C21H21N3O3S/c25-21(24-12-6-7-13-24)20-14-17(15-22-20)28(26,27)23-19-11-5-4-10-18(19)16-8-2-1-3-9-16/h1-5,8-11,14-15,22-23H,6-7,12-13H2. The number of hydrogen-bond donors (Lipinski definition) is 2. The first-order valence-electron chi connectivity index (χ1n) is 9.19. The van der Waals surface area contributed by atoms with Gasteiger partial charge in [-0.1, -0.05) is 48.5 Å². The molecular formula is C21H21N3O3S. The molecule has 2 heterocycles. The highest BCUT2D eigenvalue weighted by Gasteiger charge is 2.24. The predicted molar refractivity (Wildman–Crippen MR) is 109 cm³/mol. The van der Waals surface area contributed by atoms with E-state index in [1.807, 2.05) is 42.5 Å². The van der Waals surface area contributed by atoms with E-state index in [4.69, 9.17) is 0 Å². The second kappa shape index (κ2) is 7.52. The van der Waals surface area contributed by atoms with E-state index in [1.54, 1.807) is 17.0 Å². The van der Waals surface area contributed by atoms with Crippen LogP contribution in [0.25, 0.3) is 11.1 Å². The van der Waals surface area contributed by atoms with Gasteiger partial charge in [-0.25, -0.2) is 8.42 Å². The number of sulfonamides is 1. The minimum absolute atomic E-state index is 0.0397. The molecule has 2 aromatic carbocycles. The van der Waals surface area contributed by atoms with E-state index in [0.29, 0.717) is 24.5 Å². The average molecular weight is 395 g/mol. The van der Waals surface area contributed by atoms with Gasteiger partial charge < -0.3 is 9.88 Å². The van der Waals surface area contributed by atoms with E-state index in [-0.39, 0.29) is 10.8 Å². The number of rotatable bonds is 5. The first-order chi connectivity index (χ1) is 13.5. The molecule has 1 aliphatic rings. The molecule has 3 aromatic rings. The normalized spacial score (nSPS) is 14.2. The van der Waals surface area contributed by atoms with Crippen molar-refractivity contribution in [3.05, 3.63) is 72.6 Å². The van der Waals surface area contributed by atoms with Crippen molar-refractivity contribution >= 4 is 21.6 Å². The van der Waals surface area contributed by atoms with Gasteiger partial charge in [-0.3, -0.25) is 9.52 Å². The number of hydrogen-bond acceptors (Lipinski definition) is 3. The Balaban J connectivity index is 1.60. The van der Waals surface area contributed by atoms with Crippen LogP contribution in [-0.4, -0.2) is 37.3 Å². The van der Waals surface area contributed by atoms with Crippen molar-refractivity contribution in [2.45, 2.75) is 17.7 Å². The molecule has 0 bridgehead atoms. The molecule has 0 atom stereocenters. The number of benzene rings is 2. The van der Waals surface area contributed by atoms with E-state index in [2.05, 4.69) is 9.71 Å². The summed E-state index contributed by atoms with van der Waals surface area (Å²) < 4.78 is 28.4. The van der Waals surface area contributed by atoms with Crippen molar-refractivity contribution in [2.24, 2.45) is 0 Å². The smallest absolute Gasteiger partial charge is 0.270 e. The molecule has 1 amide bonds. The minimum atomic E-state index is -3.83. The first-order valence-corrected chi connectivity index (χ1v) is 10.7. The Morgan fingerprint density at radius 3 is 2.39 bits per heavy atom. The summed E-state index contributed by atoms with van der Waals surface area (Å²) in [4.78, 5) is 17.1. The molecular weight excluding hydrogens is 374 g/mol. The van der Waals surface area contributed by atoms with Crippen molar-refractivity contribution in [3.63, 3.8) is 0 Å². The van der Waals surface area contributed by atoms with Crippen molar-refractivity contribution < 1.29 is 13.2 Å². The summed E-state index contributed by atoms with van der Waals surface area (Å²) in [6, 6.07) is 18.2. The number of aromatic amines is 1. The van der Waals surface area contributed by atoms with Crippen LogP contribution in [0.3, 0.4) is 0 Å². The SMILES string of the molecule is O=C(c1cc(S(=O)(=O)Nc2ccccc2-c2ccccc2)c[nH]1)N1CCCC1. The van der Waals surface area contributed by atoms with Crippen molar-refractivity contribution in [2.75, 3.05) is 17.8 Å². The van der Waals surface area contributed by atoms with Gasteiger partial charge in [0.25, 0.3) is 15.9 Å². The zero-order chi connectivity index (χ0) is 19.6. The van der Waals surface area contributed by atoms with Crippen LogP contribution in [0.2, 0.25) is 0 Å². The lowest BCUT2D eigenvalue weighted by Crippen LogP contribution is -2.27. The second-order valence-corrected chi connectivity index (χ2v) is 8.45. The van der Waals surface area contributed by atoms with E-state index in [0.717, 1.165) is 24.0 Å². The molecule has 1 aliphatic heterocycles. The maximum Gasteiger partial charge on any atom is 0.270 e. The Morgan fingerprint density at radius 2 is 1.64 bits per heavy atom. The van der Waals surface area contributed by atoms with E-state index in [1.165, 1.54) is 12.3 Å². The molecule has 6 nitrogen and oxygen atoms in total. The van der Waals surface area contributed by atoms with Gasteiger partial charge in [0.05, 0.1) is 5.69 Å². The lowest BCUT2D eigenvalue weighted by atomic mass is 10.0. The van der Waals surface area contributed by atoms with Gasteiger partial charge in [0.2, 0.25) is 0 Å². The molecule has 4 rings (SSSR count). The molecule has 1 saturated heterocycles. The van der Waals surface area contributed by atoms with Crippen molar-refractivity contribution in [1.29, 1.82) is 0 Å². The van der Waals surface area contributed by atoms with Crippen LogP contribution < -0.4 is 4.72 Å². The number of aromatic nitrogens is 1. The molecule has 1 fully saturated rings. The molecule has 0 unspecified atom stereocenters. The van der Waals surface area contributed by atoms with Crippen LogP contribution >= 0.6 is 0 Å². The maximum atomic E-state index is 12.9. The largest absolute Gasteiger partial charge is 0.356 e. The molecule has 1 aromatic heterocycles. The molecule has 0 spiro atoms. The highest BCUT2D eigenvalue weighted by atomic mass is 32.2. The summed E-state index contributed by atoms with van der Waals surface area (Å²) in [5.74, 6) is -0.163. The van der Waals surface area contributed by atoms with Crippen LogP contribution in [0.1, 0.15) is 23.3 Å². The van der Waals surface area contributed by atoms with Gasteiger partial charge in [0.15, 0.2) is 0 Å². The van der Waals surface area contributed by atoms with Crippen LogP contribution in [0.15, 0.2) is 71.8 Å². The zero-order valence-corrected chi connectivity index (χ0v) is 16.1. The number of anilines is 1. The Morgan fingerprint density at radius 1 is 0.964 bits per heavy atom. The topological polar surface area (TPSA) is 82.3 Å². The number of H-pyrrole nitrogens is 1. The van der Waals surface area contributed by atoms with Gasteiger partial charge in [-0.15, -0.1) is 0 Å². The zero-order valence-electron chi connectivity index (χ0n) is 15.3. The predicted octanol–water partition coefficient (Wildman–Crippen LogP) is 3.72. The van der Waals surface area contributed by atoms with Gasteiger partial charge in [-0.2, -0.15) is 0 Å². The Kier molecular flexibility index (Phi) is 4.92. The second-order valence-electron chi connectivity index (χ2n) is 6.77. The van der Waals surface area contributed by atoms with E-state index in [9.17, 15) is 13.2 Å². The molecule has 28 heavy (non-hydrogen) atoms. The summed E-state index contributed by atoms with van der Waals surface area (Å²) in [5, 5.41) is 0. The van der Waals surface area contributed by atoms with Gasteiger partial charge in [0.1, 0.15) is 10.6 Å². The number of carbonyl (C=O) groups excluding carboxylic acids is 1. The summed E-state index contributed by atoms with van der Waals surface area (Å²) in [7, 11) is -3.83. The maximum absolute atomic E-state index is 12.9. The number of likely N-dealkylation sites (tertiary alicyclic amines) is 1. The lowest BCUT2D eigenvalue weighted by Gasteiger charge is -2.13. The summed E-state index contributed by atoms with van der Waals surface area (Å²) in [6.07, 6.45) is 3.32. The number of nitrogens with one attached hydrogen (secondary N) is 2. The van der Waals surface area contributed by atoms with Crippen molar-refractivity contribution in [3.8, 4) is 11.1 Å². The first kappa shape index (κ1) is 18.3. The minimum Gasteiger partial charge on any atom is -0.356 e. The van der Waals surface area contributed by atoms with Crippen LogP contribution in [-0.2, 0) is 10.0 Å². The van der Waals surface area contributed by atoms with Crippen LogP contribution in [0.5, 0.6) is 0 Å². The summed E-state index contributed by atoms with van der Waals surface area (Å²) in [5.41, 5.74) is 2.48. The number of amides is 1. The van der Waals surface area contributed by atoms with Gasteiger partial charge in [0, 0.05) is 24.8 Å². The van der Waals surface area contributed by atoms with Gasteiger partial charge in [-0.05, 0) is 30.5 Å². The molecule has 144 valence electrons. The fourth-order valence-electron chi connectivity index (χ4n) is 3.39. The number of carbonyl (C=O) groups is 1. The fraction of sp³-hybridized carbons (Fsp3) is 0.190. The third-order valence-electron chi connectivity index (χ3n) is 4.85. The van der Waals surface area contributed by atoms with E-state index < -0.39 is 10.0 Å². The molecule has 7 heteroatoms. The summed E-state index contributed by atoms with van der Waals surface area (Å²) in [6.45, 7) is 1.42. The highest BCUT2D eigenvalue weighted by molar-refractivity contribution is 7.92. The third kappa shape index (κ3) is 3.66. The molecule has 0 aliphatic carbocycles. The molecule has 2 N–H and O–H groups in total. The number of para-hydroxylation sites is 1.